The number of halogens is 3. The molecule has 0 aliphatic rings. The van der Waals surface area contributed by atoms with Crippen LogP contribution in [0.3, 0.4) is 0 Å². The van der Waals surface area contributed by atoms with E-state index in [2.05, 4.69) is 10.4 Å². The number of aromatic nitrogens is 2. The van der Waals surface area contributed by atoms with E-state index in [9.17, 15) is 18.0 Å². The molecule has 0 fully saturated rings. The van der Waals surface area contributed by atoms with Crippen LogP contribution >= 0.6 is 0 Å². The van der Waals surface area contributed by atoms with Crippen LogP contribution in [0.4, 0.5) is 13.2 Å². The molecule has 0 radical (unpaired) electrons. The summed E-state index contributed by atoms with van der Waals surface area (Å²) in [5.41, 5.74) is 1.09. The number of hydrogen-bond acceptors (Lipinski definition) is 2. The summed E-state index contributed by atoms with van der Waals surface area (Å²) in [7, 11) is 0. The van der Waals surface area contributed by atoms with Crippen molar-refractivity contribution < 1.29 is 18.0 Å². The Labute approximate surface area is 132 Å². The van der Waals surface area contributed by atoms with Gasteiger partial charge in [0.15, 0.2) is 0 Å². The highest BCUT2D eigenvalue weighted by Gasteiger charge is 2.33. The molecule has 23 heavy (non-hydrogen) atoms. The number of carbonyl (C=O) groups excluding carboxylic acids is 1. The van der Waals surface area contributed by atoms with E-state index in [-0.39, 0.29) is 24.4 Å². The minimum atomic E-state index is -4.50. The second kappa shape index (κ2) is 6.44. The molecule has 1 aromatic heterocycles. The molecule has 2 rings (SSSR count). The van der Waals surface area contributed by atoms with Gasteiger partial charge in [0.05, 0.1) is 16.9 Å². The summed E-state index contributed by atoms with van der Waals surface area (Å²) in [5, 5.41) is 6.67. The molecule has 0 spiro atoms. The lowest BCUT2D eigenvalue weighted by Gasteiger charge is -2.15. The standard InChI is InChI=1S/C16H18F3N3O/c1-4-15(23)20-9-12-5-6-13(8-14(12)16(17,18)19)22-11(3)7-10(2)21-22/h5-8H,4,9H2,1-3H3,(H,20,23). The first-order chi connectivity index (χ1) is 10.7. The molecule has 0 saturated heterocycles. The minimum Gasteiger partial charge on any atom is -0.352 e. The van der Waals surface area contributed by atoms with Gasteiger partial charge in [0, 0.05) is 18.7 Å². The van der Waals surface area contributed by atoms with Gasteiger partial charge in [0.25, 0.3) is 0 Å². The molecule has 7 heteroatoms. The third kappa shape index (κ3) is 3.91. The lowest BCUT2D eigenvalue weighted by Crippen LogP contribution is -2.23. The summed E-state index contributed by atoms with van der Waals surface area (Å²) >= 11 is 0. The van der Waals surface area contributed by atoms with Crippen LogP contribution in [0.1, 0.15) is 35.9 Å². The molecule has 1 amide bonds. The Balaban J connectivity index is 2.42. The predicted molar refractivity (Wildman–Crippen MR) is 80.2 cm³/mol. The maximum atomic E-state index is 13.3. The molecule has 2 aromatic rings. The van der Waals surface area contributed by atoms with Gasteiger partial charge in [-0.05, 0) is 37.6 Å². The van der Waals surface area contributed by atoms with Gasteiger partial charge in [0.2, 0.25) is 5.91 Å². The molecule has 0 aliphatic heterocycles. The molecule has 0 unspecified atom stereocenters. The van der Waals surface area contributed by atoms with Crippen molar-refractivity contribution in [1.82, 2.24) is 15.1 Å². The van der Waals surface area contributed by atoms with Crippen molar-refractivity contribution in [1.29, 1.82) is 0 Å². The van der Waals surface area contributed by atoms with Crippen molar-refractivity contribution in [3.05, 3.63) is 46.8 Å². The fourth-order valence-electron chi connectivity index (χ4n) is 2.32. The fourth-order valence-corrected chi connectivity index (χ4v) is 2.32. The van der Waals surface area contributed by atoms with Gasteiger partial charge in [-0.25, -0.2) is 4.68 Å². The van der Waals surface area contributed by atoms with Gasteiger partial charge in [-0.2, -0.15) is 18.3 Å². The van der Waals surface area contributed by atoms with Crippen LogP contribution in [0.5, 0.6) is 0 Å². The van der Waals surface area contributed by atoms with Crippen molar-refractivity contribution in [3.63, 3.8) is 0 Å². The number of nitrogens with zero attached hydrogens (tertiary/aromatic N) is 2. The Hall–Kier alpha value is -2.31. The summed E-state index contributed by atoms with van der Waals surface area (Å²) in [6, 6.07) is 5.81. The molecule has 0 aliphatic carbocycles. The van der Waals surface area contributed by atoms with E-state index in [1.165, 1.54) is 10.7 Å². The van der Waals surface area contributed by atoms with Crippen molar-refractivity contribution in [2.45, 2.75) is 39.9 Å². The van der Waals surface area contributed by atoms with Crippen LogP contribution in [0.15, 0.2) is 24.3 Å². The van der Waals surface area contributed by atoms with Gasteiger partial charge in [0.1, 0.15) is 0 Å². The predicted octanol–water partition coefficient (Wildman–Crippen LogP) is 3.53. The Bertz CT molecular complexity index is 720. The van der Waals surface area contributed by atoms with Crippen LogP contribution < -0.4 is 5.32 Å². The average Bonchev–Trinajstić information content (AvgIpc) is 2.82. The highest BCUT2D eigenvalue weighted by atomic mass is 19.4. The Morgan fingerprint density at radius 3 is 2.48 bits per heavy atom. The minimum absolute atomic E-state index is 0.0320. The zero-order valence-electron chi connectivity index (χ0n) is 13.2. The second-order valence-corrected chi connectivity index (χ2v) is 5.31. The van der Waals surface area contributed by atoms with Crippen LogP contribution in [0.25, 0.3) is 5.69 Å². The van der Waals surface area contributed by atoms with Gasteiger partial charge in [-0.1, -0.05) is 13.0 Å². The van der Waals surface area contributed by atoms with Crippen molar-refractivity contribution in [2.24, 2.45) is 0 Å². The Morgan fingerprint density at radius 1 is 1.26 bits per heavy atom. The highest BCUT2D eigenvalue weighted by molar-refractivity contribution is 5.75. The van der Waals surface area contributed by atoms with E-state index in [1.54, 1.807) is 32.9 Å². The van der Waals surface area contributed by atoms with Gasteiger partial charge >= 0.3 is 6.18 Å². The summed E-state index contributed by atoms with van der Waals surface area (Å²) in [6.07, 6.45) is -4.27. The summed E-state index contributed by atoms with van der Waals surface area (Å²) in [5.74, 6) is -0.291. The summed E-state index contributed by atoms with van der Waals surface area (Å²) < 4.78 is 41.4. The van der Waals surface area contributed by atoms with Gasteiger partial charge < -0.3 is 5.32 Å². The Morgan fingerprint density at radius 2 is 1.96 bits per heavy atom. The normalized spacial score (nSPS) is 11.6. The number of amides is 1. The first-order valence-electron chi connectivity index (χ1n) is 7.23. The molecule has 4 nitrogen and oxygen atoms in total. The smallest absolute Gasteiger partial charge is 0.352 e. The van der Waals surface area contributed by atoms with Gasteiger partial charge in [-0.15, -0.1) is 0 Å². The van der Waals surface area contributed by atoms with Crippen molar-refractivity contribution in [3.8, 4) is 5.69 Å². The first kappa shape index (κ1) is 17.1. The number of carbonyl (C=O) groups is 1. The molecular weight excluding hydrogens is 307 g/mol. The SMILES string of the molecule is CCC(=O)NCc1ccc(-n2nc(C)cc2C)cc1C(F)(F)F. The molecule has 124 valence electrons. The van der Waals surface area contributed by atoms with E-state index >= 15 is 0 Å². The number of benzene rings is 1. The monoisotopic (exact) mass is 325 g/mol. The molecule has 0 atom stereocenters. The summed E-state index contributed by atoms with van der Waals surface area (Å²) in [6.45, 7) is 5.05. The van der Waals surface area contributed by atoms with E-state index in [1.807, 2.05) is 0 Å². The third-order valence-corrected chi connectivity index (χ3v) is 3.45. The third-order valence-electron chi connectivity index (χ3n) is 3.45. The number of rotatable bonds is 4. The molecule has 0 saturated carbocycles. The second-order valence-electron chi connectivity index (χ2n) is 5.31. The lowest BCUT2D eigenvalue weighted by molar-refractivity contribution is -0.138. The molecular formula is C16H18F3N3O. The maximum absolute atomic E-state index is 13.3. The zero-order valence-corrected chi connectivity index (χ0v) is 13.2. The number of alkyl halides is 3. The molecule has 1 aromatic carbocycles. The van der Waals surface area contributed by atoms with Crippen molar-refractivity contribution >= 4 is 5.91 Å². The van der Waals surface area contributed by atoms with E-state index < -0.39 is 11.7 Å². The maximum Gasteiger partial charge on any atom is 0.416 e. The van der Waals surface area contributed by atoms with E-state index in [4.69, 9.17) is 0 Å². The zero-order chi connectivity index (χ0) is 17.2. The van der Waals surface area contributed by atoms with Crippen LogP contribution in [0.2, 0.25) is 0 Å². The van der Waals surface area contributed by atoms with E-state index in [0.717, 1.165) is 17.5 Å². The quantitative estimate of drug-likeness (QED) is 0.935. The average molecular weight is 325 g/mol. The van der Waals surface area contributed by atoms with Crippen LogP contribution in [-0.2, 0) is 17.5 Å². The number of aryl methyl sites for hydroxylation is 2. The largest absolute Gasteiger partial charge is 0.416 e. The number of nitrogens with one attached hydrogen (secondary N) is 1. The highest BCUT2D eigenvalue weighted by Crippen LogP contribution is 2.33. The summed E-state index contributed by atoms with van der Waals surface area (Å²) in [4.78, 5) is 11.3. The molecule has 1 heterocycles. The topological polar surface area (TPSA) is 46.9 Å². The first-order valence-corrected chi connectivity index (χ1v) is 7.23. The van der Waals surface area contributed by atoms with Gasteiger partial charge in [-0.3, -0.25) is 4.79 Å². The molecule has 0 bridgehead atoms. The van der Waals surface area contributed by atoms with Crippen molar-refractivity contribution in [2.75, 3.05) is 0 Å². The Kier molecular flexibility index (Phi) is 4.77. The van der Waals surface area contributed by atoms with E-state index in [0.29, 0.717) is 5.69 Å². The lowest BCUT2D eigenvalue weighted by atomic mass is 10.1. The fraction of sp³-hybridized carbons (Fsp3) is 0.375. The van der Waals surface area contributed by atoms with Crippen LogP contribution in [0, 0.1) is 13.8 Å². The number of hydrogen-bond donors (Lipinski definition) is 1. The van der Waals surface area contributed by atoms with Crippen LogP contribution in [-0.4, -0.2) is 15.7 Å². The molecule has 1 N–H and O–H groups in total.